The van der Waals surface area contributed by atoms with E-state index in [1.807, 2.05) is 29.8 Å². The highest BCUT2D eigenvalue weighted by atomic mass is 16.5. The first-order valence-electron chi connectivity index (χ1n) is 10.3. The molecule has 0 saturated heterocycles. The van der Waals surface area contributed by atoms with Gasteiger partial charge in [0, 0.05) is 18.3 Å². The monoisotopic (exact) mass is 401 g/mol. The number of nitrogens with one attached hydrogen (secondary N) is 1. The van der Waals surface area contributed by atoms with E-state index in [4.69, 9.17) is 14.2 Å². The van der Waals surface area contributed by atoms with Gasteiger partial charge in [0.15, 0.2) is 11.5 Å². The molecule has 7 nitrogen and oxygen atoms in total. The molecule has 1 aromatic carbocycles. The lowest BCUT2D eigenvalue weighted by Crippen LogP contribution is -2.39. The van der Waals surface area contributed by atoms with Gasteiger partial charge in [0.2, 0.25) is 5.75 Å². The van der Waals surface area contributed by atoms with Gasteiger partial charge in [0.25, 0.3) is 5.91 Å². The molecule has 0 aliphatic heterocycles. The Balaban J connectivity index is 1.54. The molecular weight excluding hydrogens is 370 g/mol. The maximum atomic E-state index is 12.7. The van der Waals surface area contributed by atoms with Crippen LogP contribution in [0.15, 0.2) is 24.4 Å². The second-order valence-corrected chi connectivity index (χ2v) is 7.42. The van der Waals surface area contributed by atoms with Gasteiger partial charge < -0.3 is 19.5 Å². The number of hydrogen-bond acceptors (Lipinski definition) is 5. The Morgan fingerprint density at radius 3 is 2.55 bits per heavy atom. The van der Waals surface area contributed by atoms with Gasteiger partial charge in [-0.15, -0.1) is 0 Å². The van der Waals surface area contributed by atoms with Crippen LogP contribution in [0.5, 0.6) is 17.2 Å². The van der Waals surface area contributed by atoms with Crippen LogP contribution < -0.4 is 19.5 Å². The highest BCUT2D eigenvalue weighted by Gasteiger charge is 2.26. The molecule has 0 bridgehead atoms. The molecule has 0 radical (unpaired) electrons. The number of para-hydroxylation sites is 1. The van der Waals surface area contributed by atoms with Crippen molar-refractivity contribution in [3.05, 3.63) is 35.7 Å². The normalized spacial score (nSPS) is 18.9. The molecular formula is C22H31N3O4. The molecule has 158 valence electrons. The van der Waals surface area contributed by atoms with Gasteiger partial charge in [-0.2, -0.15) is 5.10 Å². The molecule has 29 heavy (non-hydrogen) atoms. The summed E-state index contributed by atoms with van der Waals surface area (Å²) in [6, 6.07) is 5.79. The minimum Gasteiger partial charge on any atom is -0.493 e. The van der Waals surface area contributed by atoms with Crippen LogP contribution in [0.4, 0.5) is 0 Å². The molecule has 1 heterocycles. The Hall–Kier alpha value is -2.70. The molecule has 0 spiro atoms. The van der Waals surface area contributed by atoms with Crippen LogP contribution in [-0.4, -0.2) is 42.1 Å². The molecule has 0 unspecified atom stereocenters. The molecule has 1 amide bonds. The molecule has 1 saturated carbocycles. The zero-order chi connectivity index (χ0) is 20.8. The lowest BCUT2D eigenvalue weighted by Gasteiger charge is -2.30. The van der Waals surface area contributed by atoms with Gasteiger partial charge in [-0.1, -0.05) is 13.0 Å². The summed E-state index contributed by atoms with van der Waals surface area (Å²) in [5.41, 5.74) is 1.59. The number of aryl methyl sites for hydroxylation is 1. The number of benzene rings is 1. The number of rotatable bonds is 8. The standard InChI is InChI=1S/C22H31N3O4/c1-5-13-25-15(2)18(14-23-25)22(26)24-16-9-11-17(12-10-16)29-20-8-6-7-19(27-3)21(20)28-4/h6-8,14,16-17H,5,9-13H2,1-4H3,(H,24,26). The van der Waals surface area contributed by atoms with Crippen molar-refractivity contribution in [2.45, 2.75) is 64.6 Å². The van der Waals surface area contributed by atoms with Gasteiger partial charge in [0.05, 0.1) is 32.1 Å². The quantitative estimate of drug-likeness (QED) is 0.729. The minimum atomic E-state index is -0.0383. The molecule has 3 rings (SSSR count). The van der Waals surface area contributed by atoms with E-state index < -0.39 is 0 Å². The van der Waals surface area contributed by atoms with Crippen LogP contribution in [0.3, 0.4) is 0 Å². The average molecular weight is 402 g/mol. The number of amides is 1. The van der Waals surface area contributed by atoms with E-state index in [1.54, 1.807) is 20.4 Å². The predicted octanol–water partition coefficient (Wildman–Crippen LogP) is 3.74. The van der Waals surface area contributed by atoms with Crippen molar-refractivity contribution >= 4 is 5.91 Å². The fourth-order valence-corrected chi connectivity index (χ4v) is 3.82. The topological polar surface area (TPSA) is 74.6 Å². The Kier molecular flexibility index (Phi) is 7.01. The zero-order valence-electron chi connectivity index (χ0n) is 17.7. The average Bonchev–Trinajstić information content (AvgIpc) is 3.10. The minimum absolute atomic E-state index is 0.0383. The number of carbonyl (C=O) groups excluding carboxylic acids is 1. The van der Waals surface area contributed by atoms with Crippen molar-refractivity contribution in [3.8, 4) is 17.2 Å². The van der Waals surface area contributed by atoms with E-state index in [-0.39, 0.29) is 18.1 Å². The van der Waals surface area contributed by atoms with Crippen molar-refractivity contribution in [1.82, 2.24) is 15.1 Å². The first-order valence-corrected chi connectivity index (χ1v) is 10.3. The van der Waals surface area contributed by atoms with E-state index in [1.165, 1.54) is 0 Å². The predicted molar refractivity (Wildman–Crippen MR) is 111 cm³/mol. The third-order valence-electron chi connectivity index (χ3n) is 5.45. The molecule has 0 atom stereocenters. The summed E-state index contributed by atoms with van der Waals surface area (Å²) in [6.07, 6.45) is 6.27. The second kappa shape index (κ2) is 9.67. The fourth-order valence-electron chi connectivity index (χ4n) is 3.82. The fraction of sp³-hybridized carbons (Fsp3) is 0.545. The first kappa shape index (κ1) is 21.0. The lowest BCUT2D eigenvalue weighted by molar-refractivity contribution is 0.0890. The summed E-state index contributed by atoms with van der Waals surface area (Å²) < 4.78 is 18.8. The van der Waals surface area contributed by atoms with Crippen LogP contribution in [0, 0.1) is 6.92 Å². The van der Waals surface area contributed by atoms with Crippen molar-refractivity contribution in [3.63, 3.8) is 0 Å². The van der Waals surface area contributed by atoms with Gasteiger partial charge in [0.1, 0.15) is 0 Å². The van der Waals surface area contributed by atoms with Gasteiger partial charge in [-0.05, 0) is 51.2 Å². The van der Waals surface area contributed by atoms with Gasteiger partial charge in [-0.25, -0.2) is 0 Å². The van der Waals surface area contributed by atoms with Gasteiger partial charge >= 0.3 is 0 Å². The van der Waals surface area contributed by atoms with Crippen molar-refractivity contribution < 1.29 is 19.0 Å². The third kappa shape index (κ3) is 4.83. The largest absolute Gasteiger partial charge is 0.493 e. The Labute approximate surface area is 172 Å². The smallest absolute Gasteiger partial charge is 0.254 e. The Morgan fingerprint density at radius 2 is 1.90 bits per heavy atom. The van der Waals surface area contributed by atoms with Crippen molar-refractivity contribution in [1.29, 1.82) is 0 Å². The number of hydrogen-bond donors (Lipinski definition) is 1. The van der Waals surface area contributed by atoms with E-state index in [9.17, 15) is 4.79 Å². The van der Waals surface area contributed by atoms with E-state index in [0.29, 0.717) is 22.8 Å². The van der Waals surface area contributed by atoms with Crippen LogP contribution in [0.1, 0.15) is 55.1 Å². The Morgan fingerprint density at radius 1 is 1.17 bits per heavy atom. The maximum absolute atomic E-state index is 12.7. The molecule has 1 N–H and O–H groups in total. The number of ether oxygens (including phenoxy) is 3. The highest BCUT2D eigenvalue weighted by Crippen LogP contribution is 2.38. The van der Waals surface area contributed by atoms with Crippen LogP contribution in [0.25, 0.3) is 0 Å². The first-order chi connectivity index (χ1) is 14.1. The summed E-state index contributed by atoms with van der Waals surface area (Å²) in [7, 11) is 3.23. The van der Waals surface area contributed by atoms with Gasteiger partial charge in [-0.3, -0.25) is 9.48 Å². The van der Waals surface area contributed by atoms with Crippen LogP contribution >= 0.6 is 0 Å². The number of methoxy groups -OCH3 is 2. The number of aromatic nitrogens is 2. The molecule has 1 aliphatic carbocycles. The summed E-state index contributed by atoms with van der Waals surface area (Å²) in [6.45, 7) is 4.88. The lowest BCUT2D eigenvalue weighted by atomic mass is 9.92. The molecule has 7 heteroatoms. The summed E-state index contributed by atoms with van der Waals surface area (Å²) in [5.74, 6) is 1.93. The number of carbonyl (C=O) groups is 1. The van der Waals surface area contributed by atoms with Crippen molar-refractivity contribution in [2.75, 3.05) is 14.2 Å². The third-order valence-corrected chi connectivity index (χ3v) is 5.45. The zero-order valence-corrected chi connectivity index (χ0v) is 17.7. The highest BCUT2D eigenvalue weighted by molar-refractivity contribution is 5.95. The molecule has 1 fully saturated rings. The summed E-state index contributed by atoms with van der Waals surface area (Å²) >= 11 is 0. The molecule has 1 aromatic heterocycles. The molecule has 1 aliphatic rings. The van der Waals surface area contributed by atoms with Crippen LogP contribution in [-0.2, 0) is 6.54 Å². The Bertz CT molecular complexity index is 825. The SMILES string of the molecule is CCCn1ncc(C(=O)NC2CCC(Oc3cccc(OC)c3OC)CC2)c1C. The van der Waals surface area contributed by atoms with Crippen LogP contribution in [0.2, 0.25) is 0 Å². The second-order valence-electron chi connectivity index (χ2n) is 7.42. The summed E-state index contributed by atoms with van der Waals surface area (Å²) in [5, 5.41) is 7.49. The van der Waals surface area contributed by atoms with E-state index >= 15 is 0 Å². The molecule has 2 aromatic rings. The summed E-state index contributed by atoms with van der Waals surface area (Å²) in [4.78, 5) is 12.7. The van der Waals surface area contributed by atoms with E-state index in [2.05, 4.69) is 17.3 Å². The number of nitrogens with zero attached hydrogens (tertiary/aromatic N) is 2. The van der Waals surface area contributed by atoms with E-state index in [0.717, 1.165) is 44.3 Å². The maximum Gasteiger partial charge on any atom is 0.254 e. The van der Waals surface area contributed by atoms with Crippen molar-refractivity contribution in [2.24, 2.45) is 0 Å².